The van der Waals surface area contributed by atoms with Gasteiger partial charge in [-0.1, -0.05) is 0 Å². The van der Waals surface area contributed by atoms with Gasteiger partial charge in [0.1, 0.15) is 5.82 Å². The van der Waals surface area contributed by atoms with Crippen LogP contribution in [0.2, 0.25) is 0 Å². The van der Waals surface area contributed by atoms with Crippen LogP contribution in [0.1, 0.15) is 30.4 Å². The Hall–Kier alpha value is -0.790. The van der Waals surface area contributed by atoms with Crippen LogP contribution in [0.4, 0.5) is 0 Å². The number of aromatic nitrogens is 2. The van der Waals surface area contributed by atoms with Gasteiger partial charge < -0.3 is 4.57 Å². The van der Waals surface area contributed by atoms with Gasteiger partial charge >= 0.3 is 0 Å². The molecule has 54 valence electrons. The number of hydrogen-bond donors (Lipinski definition) is 0. The van der Waals surface area contributed by atoms with Crippen molar-refractivity contribution in [2.24, 2.45) is 0 Å². The molecule has 0 unspecified atom stereocenters. The van der Waals surface area contributed by atoms with E-state index in [0.29, 0.717) is 0 Å². The number of rotatable bonds is 1. The molecule has 0 radical (unpaired) electrons. The summed E-state index contributed by atoms with van der Waals surface area (Å²) in [7, 11) is 0. The highest BCUT2D eigenvalue weighted by Gasteiger charge is 2.24. The predicted octanol–water partition coefficient (Wildman–Crippen LogP) is 1.83. The molecule has 0 aliphatic heterocycles. The third-order valence-corrected chi connectivity index (χ3v) is 1.98. The van der Waals surface area contributed by atoms with Gasteiger partial charge in [0.05, 0.1) is 5.69 Å². The Morgan fingerprint density at radius 1 is 1.50 bits per heavy atom. The van der Waals surface area contributed by atoms with Crippen LogP contribution in [0.15, 0.2) is 6.20 Å². The lowest BCUT2D eigenvalue weighted by Crippen LogP contribution is -1.93. The summed E-state index contributed by atoms with van der Waals surface area (Å²) in [6.45, 7) is 4.12. The minimum Gasteiger partial charge on any atom is -0.332 e. The average Bonchev–Trinajstić information content (AvgIpc) is 2.61. The number of nitrogens with zero attached hydrogens (tertiary/aromatic N) is 2. The first-order valence-corrected chi connectivity index (χ1v) is 3.79. The summed E-state index contributed by atoms with van der Waals surface area (Å²) in [5.74, 6) is 1.17. The molecule has 0 aromatic carbocycles. The fourth-order valence-corrected chi connectivity index (χ4v) is 1.36. The van der Waals surface area contributed by atoms with Crippen LogP contribution >= 0.6 is 0 Å². The Kier molecular flexibility index (Phi) is 1.10. The normalized spacial score (nSPS) is 17.8. The zero-order chi connectivity index (χ0) is 7.14. The molecule has 0 saturated heterocycles. The number of aryl methyl sites for hydroxylation is 2. The summed E-state index contributed by atoms with van der Waals surface area (Å²) < 4.78 is 2.29. The van der Waals surface area contributed by atoms with Gasteiger partial charge in [-0.3, -0.25) is 0 Å². The van der Waals surface area contributed by atoms with E-state index in [-0.39, 0.29) is 0 Å². The maximum absolute atomic E-state index is 4.34. The van der Waals surface area contributed by atoms with E-state index in [0.717, 1.165) is 11.7 Å². The maximum Gasteiger partial charge on any atom is 0.106 e. The highest BCUT2D eigenvalue weighted by atomic mass is 15.1. The molecule has 1 aliphatic carbocycles. The van der Waals surface area contributed by atoms with Gasteiger partial charge in [-0.15, -0.1) is 0 Å². The lowest BCUT2D eigenvalue weighted by Gasteiger charge is -1.98. The van der Waals surface area contributed by atoms with Crippen molar-refractivity contribution in [3.8, 4) is 0 Å². The molecule has 2 rings (SSSR count). The molecule has 0 N–H and O–H groups in total. The van der Waals surface area contributed by atoms with Gasteiger partial charge in [0.2, 0.25) is 0 Å². The second kappa shape index (κ2) is 1.84. The third-order valence-electron chi connectivity index (χ3n) is 1.98. The van der Waals surface area contributed by atoms with Crippen LogP contribution in [0.5, 0.6) is 0 Å². The van der Waals surface area contributed by atoms with Crippen molar-refractivity contribution in [1.82, 2.24) is 9.55 Å². The minimum atomic E-state index is 0.779. The molecule has 1 saturated carbocycles. The Balaban J connectivity index is 2.38. The molecule has 10 heavy (non-hydrogen) atoms. The van der Waals surface area contributed by atoms with Gasteiger partial charge in [0.25, 0.3) is 0 Å². The summed E-state index contributed by atoms with van der Waals surface area (Å²) in [6.07, 6.45) is 4.83. The summed E-state index contributed by atoms with van der Waals surface area (Å²) in [6, 6.07) is 0.779. The molecule has 1 aromatic rings. The van der Waals surface area contributed by atoms with Crippen LogP contribution < -0.4 is 0 Å². The highest BCUT2D eigenvalue weighted by molar-refractivity contribution is 5.04. The summed E-state index contributed by atoms with van der Waals surface area (Å²) in [5, 5.41) is 0. The Bertz CT molecular complexity index is 246. The SMILES string of the molecule is Cc1cn(C2CC2)c(C)n1. The van der Waals surface area contributed by atoms with Crippen molar-refractivity contribution in [3.63, 3.8) is 0 Å². The average molecular weight is 136 g/mol. The highest BCUT2D eigenvalue weighted by Crippen LogP contribution is 2.35. The topological polar surface area (TPSA) is 17.8 Å². The molecule has 0 spiro atoms. The third kappa shape index (κ3) is 0.838. The van der Waals surface area contributed by atoms with Crippen molar-refractivity contribution in [1.29, 1.82) is 0 Å². The van der Waals surface area contributed by atoms with Crippen LogP contribution in [0, 0.1) is 13.8 Å². The van der Waals surface area contributed by atoms with Crippen molar-refractivity contribution in [2.75, 3.05) is 0 Å². The molecule has 1 aliphatic rings. The van der Waals surface area contributed by atoms with Crippen molar-refractivity contribution in [2.45, 2.75) is 32.7 Å². The Morgan fingerprint density at radius 2 is 2.20 bits per heavy atom. The lowest BCUT2D eigenvalue weighted by atomic mass is 10.5. The fraction of sp³-hybridized carbons (Fsp3) is 0.625. The van der Waals surface area contributed by atoms with Crippen LogP contribution in [-0.4, -0.2) is 9.55 Å². The minimum absolute atomic E-state index is 0.779. The standard InChI is InChI=1S/C8H12N2/c1-6-5-10(7(2)9-6)8-3-4-8/h5,8H,3-4H2,1-2H3. The summed E-state index contributed by atoms with van der Waals surface area (Å²) >= 11 is 0. The van der Waals surface area contributed by atoms with Gasteiger partial charge in [-0.2, -0.15) is 0 Å². The first-order valence-electron chi connectivity index (χ1n) is 3.79. The Labute approximate surface area is 60.9 Å². The van der Waals surface area contributed by atoms with Gasteiger partial charge in [-0.05, 0) is 26.7 Å². The summed E-state index contributed by atoms with van der Waals surface area (Å²) in [5.41, 5.74) is 1.14. The largest absolute Gasteiger partial charge is 0.332 e. The van der Waals surface area contributed by atoms with E-state index >= 15 is 0 Å². The second-order valence-corrected chi connectivity index (χ2v) is 3.07. The molecule has 1 heterocycles. The smallest absolute Gasteiger partial charge is 0.106 e. The molecular formula is C8H12N2. The van der Waals surface area contributed by atoms with Gasteiger partial charge in [0.15, 0.2) is 0 Å². The van der Waals surface area contributed by atoms with E-state index in [1.807, 2.05) is 6.92 Å². The quantitative estimate of drug-likeness (QED) is 0.576. The van der Waals surface area contributed by atoms with Crippen molar-refractivity contribution >= 4 is 0 Å². The summed E-state index contributed by atoms with van der Waals surface area (Å²) in [4.78, 5) is 4.34. The fourth-order valence-electron chi connectivity index (χ4n) is 1.36. The number of hydrogen-bond acceptors (Lipinski definition) is 1. The molecular weight excluding hydrogens is 124 g/mol. The van der Waals surface area contributed by atoms with Gasteiger partial charge in [0, 0.05) is 12.2 Å². The molecule has 0 atom stereocenters. The van der Waals surface area contributed by atoms with E-state index in [1.165, 1.54) is 18.7 Å². The van der Waals surface area contributed by atoms with E-state index in [4.69, 9.17) is 0 Å². The molecule has 1 aromatic heterocycles. The molecule has 0 amide bonds. The molecule has 0 bridgehead atoms. The van der Waals surface area contributed by atoms with Crippen LogP contribution in [-0.2, 0) is 0 Å². The van der Waals surface area contributed by atoms with Crippen molar-refractivity contribution in [3.05, 3.63) is 17.7 Å². The lowest BCUT2D eigenvalue weighted by molar-refractivity contribution is 0.710. The van der Waals surface area contributed by atoms with E-state index in [9.17, 15) is 0 Å². The second-order valence-electron chi connectivity index (χ2n) is 3.07. The maximum atomic E-state index is 4.34. The number of imidazole rings is 1. The van der Waals surface area contributed by atoms with Crippen molar-refractivity contribution < 1.29 is 0 Å². The van der Waals surface area contributed by atoms with Crippen LogP contribution in [0.25, 0.3) is 0 Å². The zero-order valence-electron chi connectivity index (χ0n) is 6.46. The van der Waals surface area contributed by atoms with Gasteiger partial charge in [-0.25, -0.2) is 4.98 Å². The molecule has 2 nitrogen and oxygen atoms in total. The van der Waals surface area contributed by atoms with E-state index in [1.54, 1.807) is 0 Å². The monoisotopic (exact) mass is 136 g/mol. The van der Waals surface area contributed by atoms with E-state index in [2.05, 4.69) is 22.7 Å². The van der Waals surface area contributed by atoms with E-state index < -0.39 is 0 Å². The molecule has 1 fully saturated rings. The zero-order valence-corrected chi connectivity index (χ0v) is 6.46. The first-order chi connectivity index (χ1) is 4.77. The molecule has 2 heteroatoms. The predicted molar refractivity (Wildman–Crippen MR) is 40.0 cm³/mol. The van der Waals surface area contributed by atoms with Crippen LogP contribution in [0.3, 0.4) is 0 Å². The first kappa shape index (κ1) is 5.96. The Morgan fingerprint density at radius 3 is 2.60 bits per heavy atom.